The van der Waals surface area contributed by atoms with Gasteiger partial charge in [-0.05, 0) is 17.0 Å². The highest BCUT2D eigenvalue weighted by Crippen LogP contribution is 2.32. The second kappa shape index (κ2) is 7.75. The molecule has 7 nitrogen and oxygen atoms in total. The van der Waals surface area contributed by atoms with E-state index in [0.717, 1.165) is 27.9 Å². The molecule has 31 heavy (non-hydrogen) atoms. The summed E-state index contributed by atoms with van der Waals surface area (Å²) in [5.74, 6) is 1.76. The Labute approximate surface area is 180 Å². The van der Waals surface area contributed by atoms with E-state index in [-0.39, 0.29) is 5.91 Å². The first-order chi connectivity index (χ1) is 15.1. The van der Waals surface area contributed by atoms with Crippen LogP contribution in [0.25, 0.3) is 22.6 Å². The van der Waals surface area contributed by atoms with E-state index in [4.69, 9.17) is 4.98 Å². The summed E-state index contributed by atoms with van der Waals surface area (Å²) in [4.78, 5) is 23.9. The smallest absolute Gasteiger partial charge is 0.233 e. The van der Waals surface area contributed by atoms with E-state index in [0.29, 0.717) is 30.5 Å². The second-order valence-electron chi connectivity index (χ2n) is 7.99. The van der Waals surface area contributed by atoms with Crippen molar-refractivity contribution in [3.63, 3.8) is 0 Å². The number of amides is 1. The van der Waals surface area contributed by atoms with Gasteiger partial charge in [-0.1, -0.05) is 62.4 Å². The van der Waals surface area contributed by atoms with Gasteiger partial charge in [-0.15, -0.1) is 0 Å². The van der Waals surface area contributed by atoms with E-state index in [9.17, 15) is 4.79 Å². The van der Waals surface area contributed by atoms with Crippen molar-refractivity contribution in [2.45, 2.75) is 32.7 Å². The van der Waals surface area contributed by atoms with Crippen molar-refractivity contribution in [1.29, 1.82) is 0 Å². The fourth-order valence-corrected chi connectivity index (χ4v) is 3.93. The zero-order valence-electron chi connectivity index (χ0n) is 17.4. The van der Waals surface area contributed by atoms with Gasteiger partial charge in [0.15, 0.2) is 5.82 Å². The summed E-state index contributed by atoms with van der Waals surface area (Å²) in [5.41, 5.74) is 5.86. The van der Waals surface area contributed by atoms with E-state index >= 15 is 0 Å². The first-order valence-corrected chi connectivity index (χ1v) is 10.3. The molecule has 1 aliphatic heterocycles. The van der Waals surface area contributed by atoms with Crippen LogP contribution in [0, 0.1) is 0 Å². The van der Waals surface area contributed by atoms with Crippen molar-refractivity contribution in [2.24, 2.45) is 0 Å². The van der Waals surface area contributed by atoms with Crippen molar-refractivity contribution < 1.29 is 4.79 Å². The topological polar surface area (TPSA) is 87.7 Å². The number of aromatic amines is 1. The highest BCUT2D eigenvalue weighted by molar-refractivity contribution is 6.00. The number of carbonyl (C=O) groups excluding carboxylic acids is 1. The van der Waals surface area contributed by atoms with Crippen molar-refractivity contribution in [1.82, 2.24) is 25.4 Å². The molecule has 0 radical (unpaired) electrons. The SMILES string of the molecule is CC(C)c1ccccc1-c1ncc2c(n1)N(Cc1ccc(-c3cn[nH]n3)cc1)C(=O)C2. The van der Waals surface area contributed by atoms with Gasteiger partial charge in [0, 0.05) is 22.9 Å². The molecule has 0 spiro atoms. The molecule has 0 atom stereocenters. The number of anilines is 1. The predicted molar refractivity (Wildman–Crippen MR) is 118 cm³/mol. The highest BCUT2D eigenvalue weighted by Gasteiger charge is 2.30. The van der Waals surface area contributed by atoms with Gasteiger partial charge in [-0.3, -0.25) is 9.69 Å². The molecule has 5 rings (SSSR count). The molecule has 1 N–H and O–H groups in total. The number of aromatic nitrogens is 5. The monoisotopic (exact) mass is 410 g/mol. The number of fused-ring (bicyclic) bond motifs is 1. The van der Waals surface area contributed by atoms with E-state index in [1.807, 2.05) is 42.5 Å². The minimum Gasteiger partial charge on any atom is -0.292 e. The van der Waals surface area contributed by atoms with E-state index in [1.54, 1.807) is 17.3 Å². The third kappa shape index (κ3) is 3.59. The molecule has 7 heteroatoms. The lowest BCUT2D eigenvalue weighted by molar-refractivity contribution is -0.117. The average molecular weight is 410 g/mol. The summed E-state index contributed by atoms with van der Waals surface area (Å²) in [6.07, 6.45) is 3.81. The van der Waals surface area contributed by atoms with E-state index < -0.39 is 0 Å². The summed E-state index contributed by atoms with van der Waals surface area (Å²) in [7, 11) is 0. The first kappa shape index (κ1) is 19.1. The lowest BCUT2D eigenvalue weighted by Crippen LogP contribution is -2.26. The summed E-state index contributed by atoms with van der Waals surface area (Å²) < 4.78 is 0. The molecule has 0 fully saturated rings. The second-order valence-corrected chi connectivity index (χ2v) is 7.99. The quantitative estimate of drug-likeness (QED) is 0.534. The lowest BCUT2D eigenvalue weighted by Gasteiger charge is -2.18. The number of hydrogen-bond acceptors (Lipinski definition) is 5. The summed E-state index contributed by atoms with van der Waals surface area (Å²) in [6, 6.07) is 16.2. The van der Waals surface area contributed by atoms with Crippen molar-refractivity contribution in [3.05, 3.63) is 77.6 Å². The zero-order chi connectivity index (χ0) is 21.4. The van der Waals surface area contributed by atoms with E-state index in [2.05, 4.69) is 40.3 Å². The minimum atomic E-state index is 0.0409. The van der Waals surface area contributed by atoms with Gasteiger partial charge in [0.2, 0.25) is 5.91 Å². The van der Waals surface area contributed by atoms with Gasteiger partial charge < -0.3 is 0 Å². The molecule has 4 aromatic rings. The Balaban J connectivity index is 1.45. The fourth-order valence-electron chi connectivity index (χ4n) is 3.93. The number of carbonyl (C=O) groups is 1. The fraction of sp³-hybridized carbons (Fsp3) is 0.208. The predicted octanol–water partition coefficient (Wildman–Crippen LogP) is 4.14. The van der Waals surface area contributed by atoms with Crippen LogP contribution in [-0.2, 0) is 17.8 Å². The molecule has 2 aromatic carbocycles. The summed E-state index contributed by atoms with van der Waals surface area (Å²) in [6.45, 7) is 4.78. The Kier molecular flexibility index (Phi) is 4.78. The molecular formula is C24H22N6O. The molecule has 3 heterocycles. The van der Waals surface area contributed by atoms with E-state index in [1.165, 1.54) is 5.56 Å². The summed E-state index contributed by atoms with van der Waals surface area (Å²) >= 11 is 0. The molecule has 1 amide bonds. The average Bonchev–Trinajstić information content (AvgIpc) is 3.43. The normalized spacial score (nSPS) is 13.1. The van der Waals surface area contributed by atoms with Crippen LogP contribution in [-0.4, -0.2) is 31.3 Å². The Bertz CT molecular complexity index is 1230. The van der Waals surface area contributed by atoms with Crippen molar-refractivity contribution in [3.8, 4) is 22.6 Å². The number of rotatable bonds is 5. The molecule has 0 saturated heterocycles. The largest absolute Gasteiger partial charge is 0.292 e. The molecule has 0 unspecified atom stereocenters. The van der Waals surface area contributed by atoms with Gasteiger partial charge in [0.05, 0.1) is 19.2 Å². The Morgan fingerprint density at radius 3 is 2.61 bits per heavy atom. The lowest BCUT2D eigenvalue weighted by atomic mass is 9.97. The van der Waals surface area contributed by atoms with Gasteiger partial charge in [-0.25, -0.2) is 9.97 Å². The zero-order valence-corrected chi connectivity index (χ0v) is 17.4. The maximum absolute atomic E-state index is 12.7. The molecule has 0 bridgehead atoms. The first-order valence-electron chi connectivity index (χ1n) is 10.3. The van der Waals surface area contributed by atoms with Crippen LogP contribution in [0.5, 0.6) is 0 Å². The third-order valence-corrected chi connectivity index (χ3v) is 5.57. The molecule has 1 aliphatic rings. The molecule has 0 saturated carbocycles. The Hall–Kier alpha value is -3.87. The van der Waals surface area contributed by atoms with Crippen LogP contribution >= 0.6 is 0 Å². The Morgan fingerprint density at radius 2 is 1.87 bits per heavy atom. The molecule has 154 valence electrons. The molecule has 0 aliphatic carbocycles. The number of benzene rings is 2. The Morgan fingerprint density at radius 1 is 1.06 bits per heavy atom. The van der Waals surface area contributed by atoms with Gasteiger partial charge >= 0.3 is 0 Å². The number of hydrogen-bond donors (Lipinski definition) is 1. The van der Waals surface area contributed by atoms with Crippen molar-refractivity contribution in [2.75, 3.05) is 4.90 Å². The van der Waals surface area contributed by atoms with Crippen LogP contribution in [0.2, 0.25) is 0 Å². The maximum atomic E-state index is 12.7. The van der Waals surface area contributed by atoms with Crippen LogP contribution in [0.15, 0.2) is 60.9 Å². The maximum Gasteiger partial charge on any atom is 0.233 e. The number of H-pyrrole nitrogens is 1. The van der Waals surface area contributed by atoms with Gasteiger partial charge in [0.25, 0.3) is 0 Å². The van der Waals surface area contributed by atoms with Crippen LogP contribution < -0.4 is 4.90 Å². The number of nitrogens with one attached hydrogen (secondary N) is 1. The standard InChI is InChI=1S/C24H22N6O/c1-15(2)19-5-3-4-6-20(19)23-25-12-18-11-22(31)30(24(18)27-23)14-16-7-9-17(10-8-16)21-13-26-29-28-21/h3-10,12-13,15H,11,14H2,1-2H3,(H,26,28,29). The van der Waals surface area contributed by atoms with Crippen LogP contribution in [0.3, 0.4) is 0 Å². The number of nitrogens with zero attached hydrogens (tertiary/aromatic N) is 5. The van der Waals surface area contributed by atoms with Gasteiger partial charge in [-0.2, -0.15) is 15.4 Å². The van der Waals surface area contributed by atoms with Crippen LogP contribution in [0.4, 0.5) is 5.82 Å². The summed E-state index contributed by atoms with van der Waals surface area (Å²) in [5, 5.41) is 10.6. The van der Waals surface area contributed by atoms with Gasteiger partial charge in [0.1, 0.15) is 11.5 Å². The molecule has 2 aromatic heterocycles. The van der Waals surface area contributed by atoms with Crippen LogP contribution in [0.1, 0.15) is 36.5 Å². The third-order valence-electron chi connectivity index (χ3n) is 5.57. The van der Waals surface area contributed by atoms with Crippen molar-refractivity contribution >= 4 is 11.7 Å². The molecular weight excluding hydrogens is 388 g/mol. The highest BCUT2D eigenvalue weighted by atomic mass is 16.2. The minimum absolute atomic E-state index is 0.0409.